The summed E-state index contributed by atoms with van der Waals surface area (Å²) in [5.74, 6) is 0. The lowest BCUT2D eigenvalue weighted by Crippen LogP contribution is -2.46. The Morgan fingerprint density at radius 3 is 2.39 bits per heavy atom. The molecule has 130 valence electrons. The number of rotatable bonds is 6. The molecule has 1 rings (SSSR count). The second kappa shape index (κ2) is 7.95. The number of methoxy groups -OCH3 is 2. The van der Waals surface area contributed by atoms with Crippen molar-refractivity contribution in [2.45, 2.75) is 38.8 Å². The Balaban J connectivity index is 2.89. The number of nitrogens with zero attached hydrogens (tertiary/aromatic N) is 1. The lowest BCUT2D eigenvalue weighted by molar-refractivity contribution is -0.132. The van der Waals surface area contributed by atoms with Crippen molar-refractivity contribution in [3.63, 3.8) is 0 Å². The molecule has 0 saturated carbocycles. The summed E-state index contributed by atoms with van der Waals surface area (Å²) >= 11 is 6.01. The van der Waals surface area contributed by atoms with E-state index >= 15 is 0 Å². The summed E-state index contributed by atoms with van der Waals surface area (Å²) in [4.78, 5) is 13.8. The second-order valence-corrected chi connectivity index (χ2v) is 6.20. The molecule has 0 aliphatic rings. The molecule has 0 aliphatic heterocycles. The molecule has 0 aromatic heterocycles. The zero-order valence-electron chi connectivity index (χ0n) is 14.3. The van der Waals surface area contributed by atoms with Crippen molar-refractivity contribution in [1.29, 1.82) is 0 Å². The van der Waals surface area contributed by atoms with Crippen LogP contribution in [0.5, 0.6) is 0 Å². The summed E-state index contributed by atoms with van der Waals surface area (Å²) in [6, 6.07) is 4.04. The number of urea groups is 1. The maximum atomic E-state index is 14.1. The van der Waals surface area contributed by atoms with Gasteiger partial charge in [0.1, 0.15) is 5.67 Å². The fourth-order valence-corrected chi connectivity index (χ4v) is 2.47. The van der Waals surface area contributed by atoms with Gasteiger partial charge in [-0.25, -0.2) is 9.18 Å². The number of halogens is 2. The third-order valence-corrected chi connectivity index (χ3v) is 3.98. The van der Waals surface area contributed by atoms with Gasteiger partial charge in [-0.2, -0.15) is 0 Å². The van der Waals surface area contributed by atoms with E-state index in [0.29, 0.717) is 16.3 Å². The quantitative estimate of drug-likeness (QED) is 0.791. The molecule has 0 heterocycles. The number of likely N-dealkylation sites (N-methyl/N-ethyl adjacent to an activating group) is 1. The molecule has 1 aromatic rings. The molecule has 0 spiro atoms. The predicted octanol–water partition coefficient (Wildman–Crippen LogP) is 4.02. The lowest BCUT2D eigenvalue weighted by Gasteiger charge is -2.30. The Kier molecular flexibility index (Phi) is 6.80. The van der Waals surface area contributed by atoms with Crippen LogP contribution in [0.3, 0.4) is 0 Å². The van der Waals surface area contributed by atoms with Gasteiger partial charge in [-0.15, -0.1) is 0 Å². The topological polar surface area (TPSA) is 50.8 Å². The highest BCUT2D eigenvalue weighted by Crippen LogP contribution is 2.33. The van der Waals surface area contributed by atoms with Crippen LogP contribution in [-0.4, -0.2) is 44.5 Å². The zero-order valence-corrected chi connectivity index (χ0v) is 15.1. The number of carbonyl (C=O) groups is 1. The third-order valence-electron chi connectivity index (χ3n) is 3.65. The molecule has 2 amide bonds. The van der Waals surface area contributed by atoms with E-state index in [2.05, 4.69) is 5.32 Å². The number of alkyl halides is 1. The molecule has 0 fully saturated rings. The monoisotopic (exact) mass is 346 g/mol. The third kappa shape index (κ3) is 5.06. The number of anilines is 1. The number of nitrogens with one attached hydrogen (secondary N) is 1. The Labute approximate surface area is 141 Å². The molecule has 1 unspecified atom stereocenters. The van der Waals surface area contributed by atoms with Crippen LogP contribution in [0.15, 0.2) is 18.2 Å². The summed E-state index contributed by atoms with van der Waals surface area (Å²) in [5.41, 5.74) is -0.821. The first-order valence-corrected chi connectivity index (χ1v) is 7.58. The minimum atomic E-state index is -1.60. The van der Waals surface area contributed by atoms with Crippen molar-refractivity contribution in [3.8, 4) is 0 Å². The van der Waals surface area contributed by atoms with Crippen LogP contribution < -0.4 is 5.32 Å². The number of carbonyl (C=O) groups excluding carboxylic acids is 1. The van der Waals surface area contributed by atoms with E-state index in [1.807, 2.05) is 0 Å². The van der Waals surface area contributed by atoms with Gasteiger partial charge in [0, 0.05) is 37.5 Å². The van der Waals surface area contributed by atoms with Crippen LogP contribution in [0.4, 0.5) is 14.9 Å². The van der Waals surface area contributed by atoms with Crippen LogP contribution in [0.1, 0.15) is 26.3 Å². The first kappa shape index (κ1) is 19.7. The highest BCUT2D eigenvalue weighted by Gasteiger charge is 2.26. The number of hydrogen-bond donors (Lipinski definition) is 1. The van der Waals surface area contributed by atoms with Crippen LogP contribution in [0.2, 0.25) is 5.02 Å². The second-order valence-electron chi connectivity index (χ2n) is 5.79. The molecule has 0 aliphatic carbocycles. The molecule has 7 heteroatoms. The van der Waals surface area contributed by atoms with Gasteiger partial charge in [0.05, 0.1) is 6.04 Å². The van der Waals surface area contributed by atoms with Crippen molar-refractivity contribution in [3.05, 3.63) is 28.8 Å². The average molecular weight is 347 g/mol. The summed E-state index contributed by atoms with van der Waals surface area (Å²) < 4.78 is 24.4. The van der Waals surface area contributed by atoms with Gasteiger partial charge >= 0.3 is 6.03 Å². The highest BCUT2D eigenvalue weighted by atomic mass is 35.5. The molecule has 23 heavy (non-hydrogen) atoms. The fourth-order valence-electron chi connectivity index (χ4n) is 2.13. The van der Waals surface area contributed by atoms with E-state index in [-0.39, 0.29) is 12.1 Å². The van der Waals surface area contributed by atoms with Crippen molar-refractivity contribution >= 4 is 23.3 Å². The van der Waals surface area contributed by atoms with Crippen LogP contribution >= 0.6 is 11.6 Å². The molecule has 0 radical (unpaired) electrons. The fraction of sp³-hybridized carbons (Fsp3) is 0.562. The Morgan fingerprint density at radius 1 is 1.35 bits per heavy atom. The van der Waals surface area contributed by atoms with Crippen LogP contribution in [0.25, 0.3) is 0 Å². The standard InChI is InChI=1S/C16H24ClFN2O3/c1-10(14(22-5)23-6)20(4)15(21)19-11-7-8-13(17)12(9-11)16(2,3)18/h7-10,14H,1-6H3,(H,19,21). The van der Waals surface area contributed by atoms with Crippen LogP contribution in [-0.2, 0) is 15.1 Å². The maximum absolute atomic E-state index is 14.1. The summed E-state index contributed by atoms with van der Waals surface area (Å²) in [7, 11) is 4.64. The van der Waals surface area contributed by atoms with E-state index in [9.17, 15) is 9.18 Å². The lowest BCUT2D eigenvalue weighted by atomic mass is 9.99. The number of benzene rings is 1. The number of amides is 2. The van der Waals surface area contributed by atoms with Crippen molar-refractivity contribution in [2.24, 2.45) is 0 Å². The first-order chi connectivity index (χ1) is 10.6. The molecule has 1 N–H and O–H groups in total. The molecule has 0 saturated heterocycles. The number of hydrogen-bond acceptors (Lipinski definition) is 3. The van der Waals surface area contributed by atoms with E-state index in [1.54, 1.807) is 26.1 Å². The van der Waals surface area contributed by atoms with Crippen molar-refractivity contribution < 1.29 is 18.7 Å². The predicted molar refractivity (Wildman–Crippen MR) is 89.6 cm³/mol. The van der Waals surface area contributed by atoms with Crippen molar-refractivity contribution in [2.75, 3.05) is 26.6 Å². The Morgan fingerprint density at radius 2 is 1.91 bits per heavy atom. The molecular weight excluding hydrogens is 323 g/mol. The molecule has 1 aromatic carbocycles. The van der Waals surface area contributed by atoms with Gasteiger partial charge < -0.3 is 19.7 Å². The molecule has 1 atom stereocenters. The van der Waals surface area contributed by atoms with E-state index in [1.165, 1.54) is 39.0 Å². The minimum absolute atomic E-state index is 0.311. The average Bonchev–Trinajstić information content (AvgIpc) is 2.48. The Bertz CT molecular complexity index is 545. The summed E-state index contributed by atoms with van der Waals surface area (Å²) in [6.07, 6.45) is -0.545. The van der Waals surface area contributed by atoms with Gasteiger partial charge in [0.25, 0.3) is 0 Å². The maximum Gasteiger partial charge on any atom is 0.321 e. The SMILES string of the molecule is COC(OC)C(C)N(C)C(=O)Nc1ccc(Cl)c(C(C)(C)F)c1. The molecule has 5 nitrogen and oxygen atoms in total. The molecule has 0 bridgehead atoms. The van der Waals surface area contributed by atoms with Crippen LogP contribution in [0, 0.1) is 0 Å². The summed E-state index contributed by atoms with van der Waals surface area (Å²) in [5, 5.41) is 3.03. The smallest absolute Gasteiger partial charge is 0.321 e. The van der Waals surface area contributed by atoms with Gasteiger partial charge in [0.15, 0.2) is 6.29 Å². The largest absolute Gasteiger partial charge is 0.354 e. The van der Waals surface area contributed by atoms with Gasteiger partial charge in [-0.1, -0.05) is 11.6 Å². The minimum Gasteiger partial charge on any atom is -0.354 e. The van der Waals surface area contributed by atoms with Gasteiger partial charge in [-0.05, 0) is 39.0 Å². The number of ether oxygens (including phenoxy) is 2. The van der Waals surface area contributed by atoms with E-state index < -0.39 is 12.0 Å². The van der Waals surface area contributed by atoms with E-state index in [0.717, 1.165) is 0 Å². The molecular formula is C16H24ClFN2O3. The Hall–Kier alpha value is -1.37. The van der Waals surface area contributed by atoms with E-state index in [4.69, 9.17) is 21.1 Å². The van der Waals surface area contributed by atoms with Crippen molar-refractivity contribution in [1.82, 2.24) is 4.90 Å². The van der Waals surface area contributed by atoms with Gasteiger partial charge in [-0.3, -0.25) is 0 Å². The zero-order chi connectivity index (χ0) is 17.8. The van der Waals surface area contributed by atoms with Gasteiger partial charge in [0.2, 0.25) is 0 Å². The highest BCUT2D eigenvalue weighted by molar-refractivity contribution is 6.31. The summed E-state index contributed by atoms with van der Waals surface area (Å²) in [6.45, 7) is 4.63. The first-order valence-electron chi connectivity index (χ1n) is 7.20. The normalized spacial score (nSPS) is 13.1.